The van der Waals surface area contributed by atoms with E-state index in [1.165, 1.54) is 0 Å². The van der Waals surface area contributed by atoms with Crippen molar-refractivity contribution < 1.29 is 22.6 Å². The smallest absolute Gasteiger partial charge is 0.351 e. The van der Waals surface area contributed by atoms with Crippen LogP contribution in [0, 0.1) is 5.92 Å². The topological polar surface area (TPSA) is 104 Å². The van der Waals surface area contributed by atoms with Crippen LogP contribution in [0.25, 0.3) is 0 Å². The highest BCUT2D eigenvalue weighted by atomic mass is 32.2. The molecule has 102 valence electrons. The summed E-state index contributed by atoms with van der Waals surface area (Å²) < 4.78 is 30.3. The Morgan fingerprint density at radius 3 is 2.53 bits per heavy atom. The summed E-state index contributed by atoms with van der Waals surface area (Å²) in [6.45, 7) is -0.0619. The monoisotopic (exact) mass is 284 g/mol. The number of benzene rings is 1. The van der Waals surface area contributed by atoms with E-state index in [1.54, 1.807) is 0 Å². The van der Waals surface area contributed by atoms with Crippen LogP contribution in [0.1, 0.15) is 5.56 Å². The third-order valence-electron chi connectivity index (χ3n) is 2.80. The molecule has 7 nitrogen and oxygen atoms in total. The van der Waals surface area contributed by atoms with Gasteiger partial charge in [-0.2, -0.15) is 8.42 Å². The average Bonchev–Trinajstić information content (AvgIpc) is 2.34. The first-order valence-corrected chi connectivity index (χ1v) is 6.90. The van der Waals surface area contributed by atoms with Crippen LogP contribution in [-0.4, -0.2) is 35.6 Å². The molecule has 1 atom stereocenters. The first-order chi connectivity index (χ1) is 8.89. The maximum atomic E-state index is 11.6. The molecule has 8 heteroatoms. The van der Waals surface area contributed by atoms with Gasteiger partial charge in [0.2, 0.25) is 5.91 Å². The summed E-state index contributed by atoms with van der Waals surface area (Å²) in [5.41, 5.74) is 0.870. The molecule has 1 aromatic carbocycles. The van der Waals surface area contributed by atoms with Gasteiger partial charge in [0.15, 0.2) is 0 Å². The van der Waals surface area contributed by atoms with Gasteiger partial charge in [-0.1, -0.05) is 30.3 Å². The largest absolute Gasteiger partial charge is 0.362 e. The number of amides is 2. The highest BCUT2D eigenvalue weighted by molar-refractivity contribution is 7.84. The van der Waals surface area contributed by atoms with Gasteiger partial charge in [-0.05, 0) is 5.56 Å². The summed E-state index contributed by atoms with van der Waals surface area (Å²) in [5, 5.41) is 2.54. The highest BCUT2D eigenvalue weighted by Gasteiger charge is 2.47. The number of carbonyl (C=O) groups excluding carboxylic acids is 2. The molecule has 0 bridgehead atoms. The quantitative estimate of drug-likeness (QED) is 0.443. The van der Waals surface area contributed by atoms with E-state index in [4.69, 9.17) is 4.55 Å². The predicted octanol–water partition coefficient (Wildman–Crippen LogP) is -0.436. The van der Waals surface area contributed by atoms with E-state index in [2.05, 4.69) is 5.32 Å². The molecule has 1 fully saturated rings. The molecule has 1 aromatic rings. The Labute approximate surface area is 110 Å². The minimum Gasteiger partial charge on any atom is -0.351 e. The van der Waals surface area contributed by atoms with Crippen molar-refractivity contribution in [2.24, 2.45) is 5.92 Å². The summed E-state index contributed by atoms with van der Waals surface area (Å²) in [6, 6.07) is 9.09. The predicted molar refractivity (Wildman–Crippen MR) is 65.0 cm³/mol. The minimum atomic E-state index is -4.55. The van der Waals surface area contributed by atoms with Crippen LogP contribution in [0.2, 0.25) is 0 Å². The van der Waals surface area contributed by atoms with Crippen molar-refractivity contribution in [1.29, 1.82) is 0 Å². The number of carbonyl (C=O) groups is 2. The first kappa shape index (κ1) is 13.5. The van der Waals surface area contributed by atoms with E-state index in [-0.39, 0.29) is 17.4 Å². The Morgan fingerprint density at radius 1 is 1.37 bits per heavy atom. The van der Waals surface area contributed by atoms with Crippen LogP contribution in [0.3, 0.4) is 0 Å². The minimum absolute atomic E-state index is 0.259. The maximum absolute atomic E-state index is 11.6. The number of hydrogen-bond donors (Lipinski definition) is 2. The van der Waals surface area contributed by atoms with Gasteiger partial charge >= 0.3 is 10.3 Å². The fraction of sp³-hybridized carbons (Fsp3) is 0.273. The van der Waals surface area contributed by atoms with Crippen molar-refractivity contribution in [1.82, 2.24) is 9.62 Å². The molecule has 2 amide bonds. The Hall–Kier alpha value is -1.93. The molecule has 1 unspecified atom stereocenters. The molecule has 2 N–H and O–H groups in total. The number of hydrogen-bond acceptors (Lipinski definition) is 4. The molecule has 19 heavy (non-hydrogen) atoms. The number of rotatable bonds is 4. The van der Waals surface area contributed by atoms with Crippen molar-refractivity contribution in [3.63, 3.8) is 0 Å². The number of nitrogens with one attached hydrogen (secondary N) is 1. The van der Waals surface area contributed by atoms with Gasteiger partial charge in [-0.3, -0.25) is 14.1 Å². The Balaban J connectivity index is 1.88. The Morgan fingerprint density at radius 2 is 2.00 bits per heavy atom. The molecule has 1 aliphatic rings. The highest BCUT2D eigenvalue weighted by Crippen LogP contribution is 2.20. The van der Waals surface area contributed by atoms with Gasteiger partial charge in [0.25, 0.3) is 5.91 Å². The summed E-state index contributed by atoms with van der Waals surface area (Å²) in [5.74, 6) is -2.51. The third kappa shape index (κ3) is 2.91. The van der Waals surface area contributed by atoms with E-state index >= 15 is 0 Å². The van der Waals surface area contributed by atoms with E-state index in [1.807, 2.05) is 30.3 Å². The van der Waals surface area contributed by atoms with Crippen molar-refractivity contribution in [3.8, 4) is 0 Å². The van der Waals surface area contributed by atoms with Crippen LogP contribution in [0.5, 0.6) is 0 Å². The fourth-order valence-electron chi connectivity index (χ4n) is 1.71. The molecular formula is C11H12N2O5S. The molecule has 2 rings (SSSR count). The first-order valence-electron chi connectivity index (χ1n) is 5.50. The van der Waals surface area contributed by atoms with Crippen LogP contribution in [0.4, 0.5) is 0 Å². The van der Waals surface area contributed by atoms with Crippen molar-refractivity contribution in [2.75, 3.05) is 6.54 Å². The molecule has 0 spiro atoms. The molecule has 1 heterocycles. The molecule has 1 aliphatic heterocycles. The second kappa shape index (κ2) is 4.98. The molecule has 1 saturated heterocycles. The molecule has 0 saturated carbocycles. The molecule has 0 aromatic heterocycles. The van der Waals surface area contributed by atoms with Crippen LogP contribution < -0.4 is 5.32 Å². The zero-order chi connectivity index (χ0) is 14.0. The van der Waals surface area contributed by atoms with Crippen LogP contribution in [-0.2, 0) is 26.4 Å². The molecular weight excluding hydrogens is 272 g/mol. The third-order valence-corrected chi connectivity index (χ3v) is 3.68. The lowest BCUT2D eigenvalue weighted by molar-refractivity contribution is -0.148. The summed E-state index contributed by atoms with van der Waals surface area (Å²) in [6.07, 6.45) is 0. The van der Waals surface area contributed by atoms with Gasteiger partial charge in [0.1, 0.15) is 5.92 Å². The van der Waals surface area contributed by atoms with Gasteiger partial charge in [-0.15, -0.1) is 0 Å². The molecule has 0 aliphatic carbocycles. The normalized spacial score (nSPS) is 18.9. The second-order valence-corrected chi connectivity index (χ2v) is 5.44. The van der Waals surface area contributed by atoms with E-state index in [0.29, 0.717) is 0 Å². The second-order valence-electron chi connectivity index (χ2n) is 4.10. The lowest BCUT2D eigenvalue weighted by atomic mass is 10.0. The van der Waals surface area contributed by atoms with Gasteiger partial charge in [0.05, 0.1) is 6.54 Å². The fourth-order valence-corrected chi connectivity index (χ4v) is 2.40. The SMILES string of the molecule is O=C(NCc1ccccc1)C1CN(S(=O)(=O)O)C1=O. The van der Waals surface area contributed by atoms with Crippen LogP contribution >= 0.6 is 0 Å². The zero-order valence-corrected chi connectivity index (χ0v) is 10.6. The van der Waals surface area contributed by atoms with E-state index < -0.39 is 28.0 Å². The number of nitrogens with zero attached hydrogens (tertiary/aromatic N) is 1. The Bertz CT molecular complexity index is 599. The average molecular weight is 284 g/mol. The summed E-state index contributed by atoms with van der Waals surface area (Å²) in [4.78, 5) is 23.0. The van der Waals surface area contributed by atoms with Crippen molar-refractivity contribution in [3.05, 3.63) is 35.9 Å². The molecule has 0 radical (unpaired) electrons. The van der Waals surface area contributed by atoms with Gasteiger partial charge in [0, 0.05) is 6.54 Å². The lowest BCUT2D eigenvalue weighted by Gasteiger charge is -2.33. The Kier molecular flexibility index (Phi) is 3.54. The summed E-state index contributed by atoms with van der Waals surface area (Å²) in [7, 11) is -4.55. The summed E-state index contributed by atoms with van der Waals surface area (Å²) >= 11 is 0. The zero-order valence-electron chi connectivity index (χ0n) is 9.81. The number of β-lactam (4-membered cyclic amide) rings is 1. The lowest BCUT2D eigenvalue weighted by Crippen LogP contribution is -2.59. The van der Waals surface area contributed by atoms with Gasteiger partial charge in [-0.25, -0.2) is 4.31 Å². The van der Waals surface area contributed by atoms with Crippen LogP contribution in [0.15, 0.2) is 30.3 Å². The standard InChI is InChI=1S/C11H12N2O5S/c14-10(12-6-8-4-2-1-3-5-8)9-7-13(11(9)15)19(16,17)18/h1-5,9H,6-7H2,(H,12,14)(H,16,17,18). The van der Waals surface area contributed by atoms with Crippen molar-refractivity contribution in [2.45, 2.75) is 6.54 Å². The van der Waals surface area contributed by atoms with E-state index in [9.17, 15) is 18.0 Å². The van der Waals surface area contributed by atoms with E-state index in [0.717, 1.165) is 5.56 Å². The van der Waals surface area contributed by atoms with Crippen molar-refractivity contribution >= 4 is 22.1 Å². The van der Waals surface area contributed by atoms with Gasteiger partial charge < -0.3 is 5.32 Å². The maximum Gasteiger partial charge on any atom is 0.362 e.